The molecule has 0 unspecified atom stereocenters. The zero-order chi connectivity index (χ0) is 54.5. The Morgan fingerprint density at radius 2 is 0.688 bits per heavy atom. The van der Waals surface area contributed by atoms with Crippen LogP contribution in [0.1, 0.15) is 278 Å². The fourth-order valence-corrected chi connectivity index (χ4v) is 9.63. The van der Waals surface area contributed by atoms with Crippen LogP contribution in [0.15, 0.2) is 121 Å². The van der Waals surface area contributed by atoms with Crippen LogP contribution in [0.3, 0.4) is 0 Å². The third-order valence-electron chi connectivity index (χ3n) is 14.3. The van der Waals surface area contributed by atoms with Gasteiger partial charge in [-0.15, -0.1) is 0 Å². The minimum atomic E-state index is 0. The van der Waals surface area contributed by atoms with Gasteiger partial charge < -0.3 is 5.53 Å². The SMILES string of the molecule is CCCCCCCCC=Cc1cc(C=CCCCCCCCC)cc(C2=CC(CCCC)=C(c3cc(C=CCCCCCCCC)cc(C=CCCCCCCCC)c3)[N+]2=[N-])c1.Cc1cc[c-]cc1.Cc1cc[c-]cc1.[Ni+2]. The zero-order valence-corrected chi connectivity index (χ0v) is 50.9. The van der Waals surface area contributed by atoms with Gasteiger partial charge in [0.15, 0.2) is 0 Å². The van der Waals surface area contributed by atoms with Gasteiger partial charge in [0, 0.05) is 22.8 Å². The van der Waals surface area contributed by atoms with Gasteiger partial charge >= 0.3 is 16.5 Å². The maximum Gasteiger partial charge on any atom is 2.00 e. The molecule has 0 saturated heterocycles. The van der Waals surface area contributed by atoms with Crippen molar-refractivity contribution in [1.82, 2.24) is 0 Å². The van der Waals surface area contributed by atoms with Crippen molar-refractivity contribution < 1.29 is 21.2 Å². The van der Waals surface area contributed by atoms with Crippen LogP contribution in [0.4, 0.5) is 0 Å². The summed E-state index contributed by atoms with van der Waals surface area (Å²) in [6.45, 7) is 15.5. The number of allylic oxidation sites excluding steroid dienone is 6. The van der Waals surface area contributed by atoms with Crippen LogP contribution in [0.25, 0.3) is 41.2 Å². The Hall–Kier alpha value is -4.59. The molecule has 0 radical (unpaired) electrons. The molecule has 1 aliphatic heterocycles. The van der Waals surface area contributed by atoms with E-state index in [-0.39, 0.29) is 16.5 Å². The van der Waals surface area contributed by atoms with Gasteiger partial charge in [0.25, 0.3) is 0 Å². The van der Waals surface area contributed by atoms with Gasteiger partial charge in [0.1, 0.15) is 0 Å². The summed E-state index contributed by atoms with van der Waals surface area (Å²) in [5.41, 5.74) is 25.0. The topological polar surface area (TPSA) is 25.3 Å². The van der Waals surface area contributed by atoms with Crippen molar-refractivity contribution in [2.24, 2.45) is 0 Å². The van der Waals surface area contributed by atoms with Crippen molar-refractivity contribution in [3.8, 4) is 0 Å². The van der Waals surface area contributed by atoms with Gasteiger partial charge in [-0.2, -0.15) is 71.8 Å². The number of hydrogen-bond acceptors (Lipinski definition) is 0. The second kappa shape index (κ2) is 46.3. The number of benzene rings is 4. The van der Waals surface area contributed by atoms with Crippen LogP contribution in [-0.4, -0.2) is 4.70 Å². The van der Waals surface area contributed by atoms with Crippen LogP contribution < -0.4 is 0 Å². The molecule has 0 spiro atoms. The van der Waals surface area contributed by atoms with Crippen LogP contribution in [-0.2, 0) is 16.5 Å². The van der Waals surface area contributed by atoms with Crippen molar-refractivity contribution in [2.45, 2.75) is 248 Å². The summed E-state index contributed by atoms with van der Waals surface area (Å²) < 4.78 is 1.52. The number of unbranched alkanes of at least 4 members (excludes halogenated alkanes) is 25. The van der Waals surface area contributed by atoms with E-state index in [0.717, 1.165) is 67.5 Å². The molecule has 0 atom stereocenters. The van der Waals surface area contributed by atoms with Gasteiger partial charge in [0.2, 0.25) is 11.4 Å². The summed E-state index contributed by atoms with van der Waals surface area (Å²) in [5, 5.41) is 0. The van der Waals surface area contributed by atoms with Gasteiger partial charge in [-0.05, 0) is 123 Å². The fourth-order valence-electron chi connectivity index (χ4n) is 9.63. The minimum absolute atomic E-state index is 0. The van der Waals surface area contributed by atoms with Gasteiger partial charge in [0.05, 0.1) is 0 Å². The molecule has 4 aromatic carbocycles. The van der Waals surface area contributed by atoms with E-state index in [1.807, 2.05) is 48.5 Å². The second-order valence-electron chi connectivity index (χ2n) is 21.6. The molecule has 0 N–H and O–H groups in total. The molecule has 0 aromatic heterocycles. The molecule has 1 aliphatic rings. The molecule has 3 heteroatoms. The average Bonchev–Trinajstić information content (AvgIpc) is 3.78. The Morgan fingerprint density at radius 1 is 0.390 bits per heavy atom. The third kappa shape index (κ3) is 32.2. The first-order valence-electron chi connectivity index (χ1n) is 31.1. The Bertz CT molecular complexity index is 2160. The van der Waals surface area contributed by atoms with E-state index in [0.29, 0.717) is 0 Å². The first-order chi connectivity index (χ1) is 37.3. The molecule has 0 fully saturated rings. The number of hydrogen-bond donors (Lipinski definition) is 0. The summed E-state index contributed by atoms with van der Waals surface area (Å²) in [5.74, 6) is 0. The number of rotatable bonds is 37. The summed E-state index contributed by atoms with van der Waals surface area (Å²) >= 11 is 0. The standard InChI is InChI=1S/C60H92N2.2C7H7.Ni/c1-6-11-16-20-24-28-32-36-40-52-45-53(41-37-33-29-25-21-17-12-7-2)48-57(47-52)59-51-56(44-15-10-5)60(62(59)61)58-49-54(42-38-34-30-26-22-18-13-8-3)46-55(50-58)43-39-35-31-27-23-19-14-9-4;2*1-7-5-3-2-4-6-7;/h36-43,45-51H,6-35,44H2,1-5H3;2*3-6H,1H3;/q;2*-1;+2. The van der Waals surface area contributed by atoms with E-state index in [9.17, 15) is 5.53 Å². The predicted molar refractivity (Wildman–Crippen MR) is 339 cm³/mol. The fraction of sp³-hybridized carbons (Fsp3) is 0.514. The van der Waals surface area contributed by atoms with E-state index in [4.69, 9.17) is 0 Å². The number of aryl methyl sites for hydroxylation is 2. The summed E-state index contributed by atoms with van der Waals surface area (Å²) in [6.07, 6.45) is 60.3. The first-order valence-corrected chi connectivity index (χ1v) is 31.1. The Balaban J connectivity index is 0.00000116. The van der Waals surface area contributed by atoms with Crippen molar-refractivity contribution in [1.29, 1.82) is 0 Å². The Morgan fingerprint density at radius 3 is 0.987 bits per heavy atom. The summed E-state index contributed by atoms with van der Waals surface area (Å²) in [4.78, 5) is 0. The second-order valence-corrected chi connectivity index (χ2v) is 21.6. The molecule has 422 valence electrons. The monoisotopic (exact) mass is 1080 g/mol. The molecular weight excluding hydrogens is 976 g/mol. The molecule has 4 aromatic rings. The van der Waals surface area contributed by atoms with E-state index in [1.165, 1.54) is 198 Å². The molecule has 0 amide bonds. The molecule has 5 rings (SSSR count). The maximum atomic E-state index is 12.4. The molecule has 1 heterocycles. The van der Waals surface area contributed by atoms with Crippen LogP contribution >= 0.6 is 0 Å². The van der Waals surface area contributed by atoms with Crippen LogP contribution in [0.5, 0.6) is 0 Å². The molecular formula is C74H106N2Ni. The quantitative estimate of drug-likeness (QED) is 0.0186. The summed E-state index contributed by atoms with van der Waals surface area (Å²) in [6, 6.07) is 35.5. The molecule has 0 bridgehead atoms. The predicted octanol–water partition coefficient (Wildman–Crippen LogP) is 24.3. The molecule has 0 aliphatic carbocycles. The van der Waals surface area contributed by atoms with Crippen molar-refractivity contribution in [3.05, 3.63) is 183 Å². The van der Waals surface area contributed by atoms with Gasteiger partial charge in [-0.1, -0.05) is 232 Å². The van der Waals surface area contributed by atoms with Crippen molar-refractivity contribution >= 4 is 35.7 Å². The number of nitrogens with zero attached hydrogens (tertiary/aromatic N) is 2. The Kier molecular flexibility index (Phi) is 41.2. The van der Waals surface area contributed by atoms with E-state index >= 15 is 0 Å². The summed E-state index contributed by atoms with van der Waals surface area (Å²) in [7, 11) is 0. The van der Waals surface area contributed by atoms with Gasteiger partial charge in [-0.25, -0.2) is 4.70 Å². The Labute approximate surface area is 484 Å². The van der Waals surface area contributed by atoms with E-state index in [2.05, 4.69) is 152 Å². The average molecular weight is 1080 g/mol. The minimum Gasteiger partial charge on any atom is -0.493 e. The van der Waals surface area contributed by atoms with Gasteiger partial charge in [-0.3, -0.25) is 0 Å². The smallest absolute Gasteiger partial charge is 0.493 e. The van der Waals surface area contributed by atoms with Crippen molar-refractivity contribution in [2.75, 3.05) is 0 Å². The van der Waals surface area contributed by atoms with Crippen LogP contribution in [0.2, 0.25) is 0 Å². The van der Waals surface area contributed by atoms with E-state index in [1.54, 1.807) is 0 Å². The normalized spacial score (nSPS) is 12.4. The maximum absolute atomic E-state index is 12.4. The molecule has 77 heavy (non-hydrogen) atoms. The zero-order valence-electron chi connectivity index (χ0n) is 49.9. The van der Waals surface area contributed by atoms with Crippen LogP contribution in [0, 0.1) is 26.0 Å². The third-order valence-corrected chi connectivity index (χ3v) is 14.3. The largest absolute Gasteiger partial charge is 2.00 e. The molecule has 0 saturated carbocycles. The van der Waals surface area contributed by atoms with E-state index < -0.39 is 0 Å². The molecule has 2 nitrogen and oxygen atoms in total. The first kappa shape index (κ1) is 68.5. The van der Waals surface area contributed by atoms with Crippen molar-refractivity contribution in [3.63, 3.8) is 0 Å².